The first-order valence-corrected chi connectivity index (χ1v) is 10.3. The summed E-state index contributed by atoms with van der Waals surface area (Å²) in [5.41, 5.74) is 1.70. The molecule has 0 unspecified atom stereocenters. The number of carbonyl (C=O) groups excluding carboxylic acids is 2. The minimum Gasteiger partial charge on any atom is -0.355 e. The average molecular weight is 428 g/mol. The maximum absolute atomic E-state index is 12.8. The molecule has 3 heterocycles. The van der Waals surface area contributed by atoms with Crippen LogP contribution in [0.25, 0.3) is 11.3 Å². The highest BCUT2D eigenvalue weighted by Gasteiger charge is 2.29. The van der Waals surface area contributed by atoms with E-state index in [9.17, 15) is 9.59 Å². The van der Waals surface area contributed by atoms with Crippen LogP contribution in [-0.4, -0.2) is 44.7 Å². The Kier molecular flexibility index (Phi) is 5.85. The summed E-state index contributed by atoms with van der Waals surface area (Å²) < 4.78 is 7.08. The predicted octanol–water partition coefficient (Wildman–Crippen LogP) is 3.70. The topological polar surface area (TPSA) is 93.3 Å². The first-order chi connectivity index (χ1) is 14.5. The Morgan fingerprint density at radius 2 is 2.07 bits per heavy atom. The Balaban J connectivity index is 1.33. The zero-order valence-electron chi connectivity index (χ0n) is 16.5. The minimum absolute atomic E-state index is 0.0394. The third-order valence-corrected chi connectivity index (χ3v) is 5.45. The van der Waals surface area contributed by atoms with E-state index in [2.05, 4.69) is 15.6 Å². The van der Waals surface area contributed by atoms with Gasteiger partial charge in [0.15, 0.2) is 11.5 Å². The molecular weight excluding hydrogens is 406 g/mol. The molecule has 0 saturated carbocycles. The number of likely N-dealkylation sites (tertiary alicyclic amines) is 1. The molecule has 2 aromatic heterocycles. The molecule has 1 aliphatic rings. The van der Waals surface area contributed by atoms with Gasteiger partial charge >= 0.3 is 0 Å². The second-order valence-electron chi connectivity index (χ2n) is 7.23. The van der Waals surface area contributed by atoms with E-state index in [0.717, 1.165) is 12.1 Å². The van der Waals surface area contributed by atoms with Crippen LogP contribution < -0.4 is 5.32 Å². The number of carbonyl (C=O) groups is 2. The molecule has 0 aliphatic carbocycles. The Bertz CT molecular complexity index is 1050. The summed E-state index contributed by atoms with van der Waals surface area (Å²) in [5.74, 6) is 0.110. The zero-order valence-corrected chi connectivity index (χ0v) is 17.3. The minimum atomic E-state index is -0.199. The summed E-state index contributed by atoms with van der Waals surface area (Å²) in [4.78, 5) is 27.0. The van der Waals surface area contributed by atoms with Crippen molar-refractivity contribution in [2.24, 2.45) is 5.92 Å². The fraction of sp³-hybridized carbons (Fsp3) is 0.333. The molecule has 0 bridgehead atoms. The monoisotopic (exact) mass is 427 g/mol. The third-order valence-electron chi connectivity index (χ3n) is 5.22. The molecule has 30 heavy (non-hydrogen) atoms. The maximum atomic E-state index is 12.8. The Labute approximate surface area is 178 Å². The van der Waals surface area contributed by atoms with Crippen molar-refractivity contribution in [1.82, 2.24) is 19.8 Å². The Morgan fingerprint density at radius 3 is 2.77 bits per heavy atom. The van der Waals surface area contributed by atoms with Gasteiger partial charge in [0.25, 0.3) is 5.91 Å². The number of aromatic nitrogens is 3. The van der Waals surface area contributed by atoms with Crippen LogP contribution in [-0.2, 0) is 11.3 Å². The molecule has 0 spiro atoms. The quantitative estimate of drug-likeness (QED) is 0.670. The lowest BCUT2D eigenvalue weighted by Crippen LogP contribution is -2.41. The van der Waals surface area contributed by atoms with Gasteiger partial charge in [0.2, 0.25) is 5.91 Å². The molecule has 1 fully saturated rings. The van der Waals surface area contributed by atoms with Gasteiger partial charge in [-0.15, -0.1) is 0 Å². The average Bonchev–Trinajstić information content (AvgIpc) is 3.43. The highest BCUT2D eigenvalue weighted by molar-refractivity contribution is 6.30. The van der Waals surface area contributed by atoms with Crippen LogP contribution in [0.15, 0.2) is 47.2 Å². The van der Waals surface area contributed by atoms with Crippen molar-refractivity contribution in [2.75, 3.05) is 18.4 Å². The Morgan fingerprint density at radius 1 is 1.27 bits per heavy atom. The van der Waals surface area contributed by atoms with E-state index in [0.29, 0.717) is 42.4 Å². The number of hydrogen-bond donors (Lipinski definition) is 1. The molecular formula is C21H22ClN5O3. The smallest absolute Gasteiger partial charge is 0.276 e. The first kappa shape index (κ1) is 20.2. The second kappa shape index (κ2) is 8.71. The molecule has 1 aromatic carbocycles. The number of rotatable bonds is 5. The molecule has 9 heteroatoms. The number of hydrogen-bond acceptors (Lipinski definition) is 5. The summed E-state index contributed by atoms with van der Waals surface area (Å²) in [7, 11) is 0. The molecule has 1 saturated heterocycles. The van der Waals surface area contributed by atoms with Crippen LogP contribution in [0, 0.1) is 5.92 Å². The van der Waals surface area contributed by atoms with Crippen molar-refractivity contribution in [3.8, 4) is 11.3 Å². The summed E-state index contributed by atoms with van der Waals surface area (Å²) >= 11 is 6.01. The molecule has 1 aliphatic heterocycles. The summed E-state index contributed by atoms with van der Waals surface area (Å²) in [5, 5.41) is 11.6. The fourth-order valence-electron chi connectivity index (χ4n) is 3.51. The number of nitrogens with zero attached hydrogens (tertiary/aromatic N) is 4. The van der Waals surface area contributed by atoms with Crippen molar-refractivity contribution in [3.05, 3.63) is 53.4 Å². The van der Waals surface area contributed by atoms with Gasteiger partial charge in [-0.3, -0.25) is 14.3 Å². The molecule has 3 aromatic rings. The largest absolute Gasteiger partial charge is 0.355 e. The van der Waals surface area contributed by atoms with Crippen LogP contribution in [0.1, 0.15) is 30.3 Å². The van der Waals surface area contributed by atoms with Crippen LogP contribution >= 0.6 is 11.6 Å². The summed E-state index contributed by atoms with van der Waals surface area (Å²) in [6, 6.07) is 8.80. The first-order valence-electron chi connectivity index (χ1n) is 9.88. The van der Waals surface area contributed by atoms with Gasteiger partial charge in [0.1, 0.15) is 0 Å². The number of amides is 2. The highest BCUT2D eigenvalue weighted by atomic mass is 35.5. The summed E-state index contributed by atoms with van der Waals surface area (Å²) in [6.07, 6.45) is 4.64. The normalized spacial score (nSPS) is 14.7. The molecule has 8 nitrogen and oxygen atoms in total. The number of nitrogens with one attached hydrogen (secondary N) is 1. The van der Waals surface area contributed by atoms with E-state index in [-0.39, 0.29) is 23.4 Å². The third kappa shape index (κ3) is 4.38. The summed E-state index contributed by atoms with van der Waals surface area (Å²) in [6.45, 7) is 3.71. The van der Waals surface area contributed by atoms with Crippen molar-refractivity contribution >= 4 is 29.1 Å². The number of benzene rings is 1. The lowest BCUT2D eigenvalue weighted by Gasteiger charge is -2.30. The molecule has 156 valence electrons. The van der Waals surface area contributed by atoms with E-state index in [1.54, 1.807) is 40.2 Å². The molecule has 1 N–H and O–H groups in total. The predicted molar refractivity (Wildman–Crippen MR) is 112 cm³/mol. The lowest BCUT2D eigenvalue weighted by molar-refractivity contribution is -0.121. The van der Waals surface area contributed by atoms with Gasteiger partial charge in [-0.1, -0.05) is 28.9 Å². The SMILES string of the molecule is CCn1cc(NC(=O)C2CCN(C(=O)c3cc(-c4cccc(Cl)c4)on3)CC2)cn1. The van der Waals surface area contributed by atoms with E-state index in [1.807, 2.05) is 19.1 Å². The highest BCUT2D eigenvalue weighted by Crippen LogP contribution is 2.25. The van der Waals surface area contributed by atoms with Gasteiger partial charge in [0.05, 0.1) is 11.9 Å². The Hall–Kier alpha value is -3.13. The van der Waals surface area contributed by atoms with Gasteiger partial charge in [-0.2, -0.15) is 5.10 Å². The van der Waals surface area contributed by atoms with E-state index in [1.165, 1.54) is 0 Å². The van der Waals surface area contributed by atoms with Crippen LogP contribution in [0.2, 0.25) is 5.02 Å². The van der Waals surface area contributed by atoms with Crippen LogP contribution in [0.5, 0.6) is 0 Å². The van der Waals surface area contributed by atoms with E-state index >= 15 is 0 Å². The second-order valence-corrected chi connectivity index (χ2v) is 7.66. The van der Waals surface area contributed by atoms with Gasteiger partial charge in [-0.25, -0.2) is 0 Å². The van der Waals surface area contributed by atoms with Gasteiger partial charge < -0.3 is 14.7 Å². The maximum Gasteiger partial charge on any atom is 0.276 e. The molecule has 4 rings (SSSR count). The van der Waals surface area contributed by atoms with E-state index < -0.39 is 0 Å². The zero-order chi connectivity index (χ0) is 21.1. The van der Waals surface area contributed by atoms with Crippen molar-refractivity contribution in [2.45, 2.75) is 26.3 Å². The van der Waals surface area contributed by atoms with Crippen molar-refractivity contribution < 1.29 is 14.1 Å². The van der Waals surface area contributed by atoms with Crippen LogP contribution in [0.4, 0.5) is 5.69 Å². The standard InChI is InChI=1S/C21H22ClN5O3/c1-2-27-13-17(12-23-27)24-20(28)14-6-8-26(9-7-14)21(29)18-11-19(30-25-18)15-4-3-5-16(22)10-15/h3-5,10-14H,2,6-9H2,1H3,(H,24,28). The van der Waals surface area contributed by atoms with E-state index in [4.69, 9.17) is 16.1 Å². The number of halogens is 1. The number of aryl methyl sites for hydroxylation is 1. The number of piperidine rings is 1. The fourth-order valence-corrected chi connectivity index (χ4v) is 3.70. The molecule has 0 radical (unpaired) electrons. The van der Waals surface area contributed by atoms with Crippen molar-refractivity contribution in [3.63, 3.8) is 0 Å². The molecule has 0 atom stereocenters. The lowest BCUT2D eigenvalue weighted by atomic mass is 9.95. The van der Waals surface area contributed by atoms with Gasteiger partial charge in [0, 0.05) is 48.4 Å². The van der Waals surface area contributed by atoms with Gasteiger partial charge in [-0.05, 0) is 31.9 Å². The van der Waals surface area contributed by atoms with Crippen molar-refractivity contribution in [1.29, 1.82) is 0 Å². The number of anilines is 1. The molecule has 2 amide bonds. The van der Waals surface area contributed by atoms with Crippen LogP contribution in [0.3, 0.4) is 0 Å².